The Kier molecular flexibility index (Phi) is 2.12. The van der Waals surface area contributed by atoms with Crippen LogP contribution in [0, 0.1) is 11.8 Å². The third-order valence-electron chi connectivity index (χ3n) is 2.92. The van der Waals surface area contributed by atoms with Gasteiger partial charge in [-0.1, -0.05) is 6.92 Å². The van der Waals surface area contributed by atoms with Crippen molar-refractivity contribution in [2.45, 2.75) is 32.9 Å². The largest absolute Gasteiger partial charge is 0.333 e. The molecule has 13 heavy (non-hydrogen) atoms. The molecule has 1 fully saturated rings. The Morgan fingerprint density at radius 3 is 3.00 bits per heavy atom. The quantitative estimate of drug-likeness (QED) is 0.765. The summed E-state index contributed by atoms with van der Waals surface area (Å²) in [5, 5.41) is 0. The molecule has 1 aliphatic rings. The molecule has 0 amide bonds. The van der Waals surface area contributed by atoms with Crippen molar-refractivity contribution in [3.63, 3.8) is 0 Å². The van der Waals surface area contributed by atoms with Gasteiger partial charge < -0.3 is 10.3 Å². The Hall–Kier alpha value is -0.830. The van der Waals surface area contributed by atoms with Crippen molar-refractivity contribution >= 4 is 0 Å². The Balaban J connectivity index is 2.06. The Labute approximate surface area is 79.0 Å². The minimum atomic E-state index is 0.0940. The average molecular weight is 179 g/mol. The molecular weight excluding hydrogens is 162 g/mol. The summed E-state index contributed by atoms with van der Waals surface area (Å²) in [6.07, 6.45) is 5.12. The highest BCUT2D eigenvalue weighted by Crippen LogP contribution is 2.39. The number of imidazole rings is 1. The zero-order chi connectivity index (χ0) is 9.42. The zero-order valence-corrected chi connectivity index (χ0v) is 8.27. The summed E-state index contributed by atoms with van der Waals surface area (Å²) in [6, 6.07) is 0.0940. The highest BCUT2D eigenvalue weighted by molar-refractivity contribution is 5.04. The van der Waals surface area contributed by atoms with E-state index in [9.17, 15) is 0 Å². The SMILES string of the molecule is CC1CC1Cn1cncc1[C@@H](C)N. The summed E-state index contributed by atoms with van der Waals surface area (Å²) in [6.45, 7) is 5.40. The van der Waals surface area contributed by atoms with Gasteiger partial charge >= 0.3 is 0 Å². The molecule has 72 valence electrons. The average Bonchev–Trinajstić information content (AvgIpc) is 2.62. The molecule has 1 saturated carbocycles. The predicted molar refractivity (Wildman–Crippen MR) is 52.1 cm³/mol. The molecule has 3 heteroatoms. The molecular formula is C10H17N3. The standard InChI is InChI=1S/C10H17N3/c1-7-3-9(7)5-13-6-12-4-10(13)8(2)11/h4,6-9H,3,5,11H2,1-2H3/t7?,8-,9?/m1/s1. The van der Waals surface area contributed by atoms with E-state index in [1.54, 1.807) is 0 Å². The van der Waals surface area contributed by atoms with Crippen molar-refractivity contribution in [2.75, 3.05) is 0 Å². The molecule has 1 aliphatic carbocycles. The van der Waals surface area contributed by atoms with Crippen LogP contribution in [-0.2, 0) is 6.54 Å². The van der Waals surface area contributed by atoms with Gasteiger partial charge in [-0.05, 0) is 25.2 Å². The van der Waals surface area contributed by atoms with Crippen LogP contribution >= 0.6 is 0 Å². The van der Waals surface area contributed by atoms with Crippen molar-refractivity contribution in [3.8, 4) is 0 Å². The van der Waals surface area contributed by atoms with Gasteiger partial charge in [0.2, 0.25) is 0 Å². The minimum absolute atomic E-state index is 0.0940. The molecule has 0 radical (unpaired) electrons. The van der Waals surface area contributed by atoms with E-state index in [0.717, 1.165) is 24.1 Å². The van der Waals surface area contributed by atoms with Gasteiger partial charge in [-0.15, -0.1) is 0 Å². The third-order valence-corrected chi connectivity index (χ3v) is 2.92. The van der Waals surface area contributed by atoms with Crippen LogP contribution in [0.15, 0.2) is 12.5 Å². The number of aromatic nitrogens is 2. The van der Waals surface area contributed by atoms with Crippen molar-refractivity contribution in [1.29, 1.82) is 0 Å². The van der Waals surface area contributed by atoms with Gasteiger partial charge in [-0.2, -0.15) is 0 Å². The molecule has 0 saturated heterocycles. The first-order valence-electron chi connectivity index (χ1n) is 4.94. The van der Waals surface area contributed by atoms with E-state index < -0.39 is 0 Å². The van der Waals surface area contributed by atoms with Crippen LogP contribution in [0.4, 0.5) is 0 Å². The molecule has 3 nitrogen and oxygen atoms in total. The molecule has 0 aliphatic heterocycles. The maximum atomic E-state index is 5.83. The van der Waals surface area contributed by atoms with Crippen LogP contribution in [-0.4, -0.2) is 9.55 Å². The van der Waals surface area contributed by atoms with Gasteiger partial charge in [-0.3, -0.25) is 0 Å². The van der Waals surface area contributed by atoms with E-state index >= 15 is 0 Å². The molecule has 1 aromatic rings. The van der Waals surface area contributed by atoms with E-state index in [4.69, 9.17) is 5.73 Å². The van der Waals surface area contributed by atoms with Gasteiger partial charge in [0.1, 0.15) is 0 Å². The molecule has 1 aromatic heterocycles. The van der Waals surface area contributed by atoms with Crippen molar-refractivity contribution < 1.29 is 0 Å². The second kappa shape index (κ2) is 3.14. The number of rotatable bonds is 3. The first kappa shape index (κ1) is 8.75. The molecule has 0 aromatic carbocycles. The fraction of sp³-hybridized carbons (Fsp3) is 0.700. The summed E-state index contributed by atoms with van der Waals surface area (Å²) in [4.78, 5) is 4.13. The maximum absolute atomic E-state index is 5.83. The lowest BCUT2D eigenvalue weighted by atomic mass is 10.2. The summed E-state index contributed by atoms with van der Waals surface area (Å²) < 4.78 is 2.19. The molecule has 0 spiro atoms. The summed E-state index contributed by atoms with van der Waals surface area (Å²) >= 11 is 0. The number of nitrogens with zero attached hydrogens (tertiary/aromatic N) is 2. The third kappa shape index (κ3) is 1.75. The highest BCUT2D eigenvalue weighted by atomic mass is 15.1. The fourth-order valence-corrected chi connectivity index (χ4v) is 1.77. The van der Waals surface area contributed by atoms with Crippen molar-refractivity contribution in [2.24, 2.45) is 17.6 Å². The first-order chi connectivity index (χ1) is 6.18. The summed E-state index contributed by atoms with van der Waals surface area (Å²) in [7, 11) is 0. The van der Waals surface area contributed by atoms with Crippen LogP contribution in [0.25, 0.3) is 0 Å². The highest BCUT2D eigenvalue weighted by Gasteiger charge is 2.32. The predicted octanol–water partition coefficient (Wildman–Crippen LogP) is 1.56. The Morgan fingerprint density at radius 2 is 2.46 bits per heavy atom. The second-order valence-electron chi connectivity index (χ2n) is 4.23. The number of hydrogen-bond acceptors (Lipinski definition) is 2. The van der Waals surface area contributed by atoms with Crippen molar-refractivity contribution in [1.82, 2.24) is 9.55 Å². The lowest BCUT2D eigenvalue weighted by Crippen LogP contribution is -2.12. The van der Waals surface area contributed by atoms with E-state index in [1.165, 1.54) is 6.42 Å². The first-order valence-corrected chi connectivity index (χ1v) is 4.94. The maximum Gasteiger partial charge on any atom is 0.0948 e. The van der Waals surface area contributed by atoms with E-state index in [1.807, 2.05) is 19.4 Å². The zero-order valence-electron chi connectivity index (χ0n) is 8.27. The lowest BCUT2D eigenvalue weighted by Gasteiger charge is -2.09. The fourth-order valence-electron chi connectivity index (χ4n) is 1.77. The van der Waals surface area contributed by atoms with Gasteiger partial charge in [0.05, 0.1) is 12.0 Å². The van der Waals surface area contributed by atoms with Gasteiger partial charge in [-0.25, -0.2) is 4.98 Å². The van der Waals surface area contributed by atoms with Gasteiger partial charge in [0, 0.05) is 18.8 Å². The topological polar surface area (TPSA) is 43.8 Å². The van der Waals surface area contributed by atoms with Crippen LogP contribution in [0.1, 0.15) is 32.0 Å². The van der Waals surface area contributed by atoms with Crippen LogP contribution in [0.3, 0.4) is 0 Å². The molecule has 3 atom stereocenters. The van der Waals surface area contributed by atoms with E-state index in [0.29, 0.717) is 0 Å². The number of nitrogens with two attached hydrogens (primary N) is 1. The molecule has 0 bridgehead atoms. The molecule has 2 unspecified atom stereocenters. The van der Waals surface area contributed by atoms with Crippen LogP contribution < -0.4 is 5.73 Å². The molecule has 2 rings (SSSR count). The monoisotopic (exact) mass is 179 g/mol. The summed E-state index contributed by atoms with van der Waals surface area (Å²) in [5.74, 6) is 1.75. The van der Waals surface area contributed by atoms with E-state index in [-0.39, 0.29) is 6.04 Å². The Morgan fingerprint density at radius 1 is 1.77 bits per heavy atom. The van der Waals surface area contributed by atoms with Gasteiger partial charge in [0.15, 0.2) is 0 Å². The van der Waals surface area contributed by atoms with E-state index in [2.05, 4.69) is 16.5 Å². The van der Waals surface area contributed by atoms with Crippen LogP contribution in [0.5, 0.6) is 0 Å². The van der Waals surface area contributed by atoms with Gasteiger partial charge in [0.25, 0.3) is 0 Å². The van der Waals surface area contributed by atoms with Crippen LogP contribution in [0.2, 0.25) is 0 Å². The minimum Gasteiger partial charge on any atom is -0.333 e. The number of hydrogen-bond donors (Lipinski definition) is 1. The summed E-state index contributed by atoms with van der Waals surface area (Å²) in [5.41, 5.74) is 6.98. The normalized spacial score (nSPS) is 28.8. The Bertz CT molecular complexity index is 290. The van der Waals surface area contributed by atoms with Crippen molar-refractivity contribution in [3.05, 3.63) is 18.2 Å². The molecule has 1 heterocycles. The molecule has 2 N–H and O–H groups in total. The smallest absolute Gasteiger partial charge is 0.0948 e. The second-order valence-corrected chi connectivity index (χ2v) is 4.23. The lowest BCUT2D eigenvalue weighted by molar-refractivity contribution is 0.556.